The van der Waals surface area contributed by atoms with E-state index in [0.717, 1.165) is 24.8 Å². The number of benzene rings is 1. The highest BCUT2D eigenvalue weighted by atomic mass is 16.5. The normalized spacial score (nSPS) is 14.7. The summed E-state index contributed by atoms with van der Waals surface area (Å²) in [5.41, 5.74) is 2.61. The van der Waals surface area contributed by atoms with E-state index in [0.29, 0.717) is 5.92 Å². The number of aryl methyl sites for hydroxylation is 1. The Hall–Kier alpha value is -1.02. The van der Waals surface area contributed by atoms with E-state index in [-0.39, 0.29) is 0 Å². The number of rotatable bonds is 10. The van der Waals surface area contributed by atoms with Crippen molar-refractivity contribution in [3.63, 3.8) is 0 Å². The Morgan fingerprint density at radius 3 is 2.62 bits per heavy atom. The molecule has 118 valence electrons. The van der Waals surface area contributed by atoms with Crippen molar-refractivity contribution in [2.75, 3.05) is 13.2 Å². The molecule has 1 aliphatic carbocycles. The van der Waals surface area contributed by atoms with E-state index in [9.17, 15) is 0 Å². The molecule has 2 heteroatoms. The SMILES string of the molecule is Cc1ccc(C(C)C)c(OCCCCCCNC2CC2)c1. The summed E-state index contributed by atoms with van der Waals surface area (Å²) in [6.07, 6.45) is 7.83. The highest BCUT2D eigenvalue weighted by Crippen LogP contribution is 2.27. The van der Waals surface area contributed by atoms with Crippen molar-refractivity contribution < 1.29 is 4.74 Å². The van der Waals surface area contributed by atoms with Gasteiger partial charge in [0.1, 0.15) is 5.75 Å². The van der Waals surface area contributed by atoms with E-state index in [2.05, 4.69) is 44.3 Å². The molecular weight excluding hydrogens is 258 g/mol. The smallest absolute Gasteiger partial charge is 0.122 e. The van der Waals surface area contributed by atoms with Crippen LogP contribution >= 0.6 is 0 Å². The molecule has 1 aromatic rings. The second-order valence-corrected chi connectivity index (χ2v) is 6.69. The zero-order valence-electron chi connectivity index (χ0n) is 14.0. The van der Waals surface area contributed by atoms with Crippen LogP contribution in [-0.4, -0.2) is 19.2 Å². The van der Waals surface area contributed by atoms with Gasteiger partial charge in [-0.15, -0.1) is 0 Å². The summed E-state index contributed by atoms with van der Waals surface area (Å²) >= 11 is 0. The summed E-state index contributed by atoms with van der Waals surface area (Å²) in [5.74, 6) is 1.61. The van der Waals surface area contributed by atoms with Crippen LogP contribution in [0, 0.1) is 6.92 Å². The van der Waals surface area contributed by atoms with Crippen molar-refractivity contribution in [2.45, 2.75) is 71.3 Å². The largest absolute Gasteiger partial charge is 0.493 e. The third-order valence-electron chi connectivity index (χ3n) is 4.13. The van der Waals surface area contributed by atoms with Crippen molar-refractivity contribution in [3.05, 3.63) is 29.3 Å². The molecule has 0 atom stereocenters. The van der Waals surface area contributed by atoms with Crippen LogP contribution in [0.3, 0.4) is 0 Å². The fourth-order valence-electron chi connectivity index (χ4n) is 2.60. The average molecular weight is 289 g/mol. The van der Waals surface area contributed by atoms with Crippen molar-refractivity contribution in [2.24, 2.45) is 0 Å². The van der Waals surface area contributed by atoms with Gasteiger partial charge < -0.3 is 10.1 Å². The molecule has 2 rings (SSSR count). The predicted molar refractivity (Wildman–Crippen MR) is 90.3 cm³/mol. The summed E-state index contributed by atoms with van der Waals surface area (Å²) in [4.78, 5) is 0. The van der Waals surface area contributed by atoms with E-state index in [1.165, 1.54) is 49.8 Å². The number of hydrogen-bond acceptors (Lipinski definition) is 2. The van der Waals surface area contributed by atoms with E-state index < -0.39 is 0 Å². The van der Waals surface area contributed by atoms with Gasteiger partial charge >= 0.3 is 0 Å². The number of hydrogen-bond donors (Lipinski definition) is 1. The molecule has 1 N–H and O–H groups in total. The summed E-state index contributed by atoms with van der Waals surface area (Å²) in [5, 5.41) is 3.57. The quantitative estimate of drug-likeness (QED) is 0.624. The van der Waals surface area contributed by atoms with Crippen molar-refractivity contribution in [1.82, 2.24) is 5.32 Å². The molecule has 0 bridgehead atoms. The molecule has 0 aromatic heterocycles. The summed E-state index contributed by atoms with van der Waals surface area (Å²) < 4.78 is 6.02. The number of ether oxygens (including phenoxy) is 1. The van der Waals surface area contributed by atoms with Gasteiger partial charge in [0, 0.05) is 6.04 Å². The molecule has 0 saturated heterocycles. The topological polar surface area (TPSA) is 21.3 Å². The van der Waals surface area contributed by atoms with Gasteiger partial charge in [-0.25, -0.2) is 0 Å². The van der Waals surface area contributed by atoms with Gasteiger partial charge in [0.25, 0.3) is 0 Å². The van der Waals surface area contributed by atoms with E-state index in [1.54, 1.807) is 0 Å². The lowest BCUT2D eigenvalue weighted by Crippen LogP contribution is -2.17. The molecule has 0 radical (unpaired) electrons. The van der Waals surface area contributed by atoms with E-state index in [1.807, 2.05) is 0 Å². The summed E-state index contributed by atoms with van der Waals surface area (Å²) in [6.45, 7) is 8.62. The molecule has 0 spiro atoms. The first-order chi connectivity index (χ1) is 10.2. The molecule has 1 fully saturated rings. The Kier molecular flexibility index (Phi) is 6.56. The van der Waals surface area contributed by atoms with Gasteiger partial charge in [0.05, 0.1) is 6.61 Å². The molecule has 0 aliphatic heterocycles. The maximum absolute atomic E-state index is 6.02. The molecule has 1 aliphatic rings. The standard InChI is InChI=1S/C19H31NO/c1-15(2)18-11-8-16(3)14-19(18)21-13-7-5-4-6-12-20-17-9-10-17/h8,11,14-15,17,20H,4-7,9-10,12-13H2,1-3H3. The van der Waals surface area contributed by atoms with Crippen LogP contribution in [0.2, 0.25) is 0 Å². The van der Waals surface area contributed by atoms with E-state index >= 15 is 0 Å². The van der Waals surface area contributed by atoms with E-state index in [4.69, 9.17) is 4.74 Å². The minimum absolute atomic E-state index is 0.522. The van der Waals surface area contributed by atoms with Gasteiger partial charge in [-0.3, -0.25) is 0 Å². The van der Waals surface area contributed by atoms with Gasteiger partial charge in [0.2, 0.25) is 0 Å². The van der Waals surface area contributed by atoms with Gasteiger partial charge in [-0.2, -0.15) is 0 Å². The van der Waals surface area contributed by atoms with Crippen molar-refractivity contribution in [3.8, 4) is 5.75 Å². The second-order valence-electron chi connectivity index (χ2n) is 6.69. The van der Waals surface area contributed by atoms with Crippen LogP contribution in [0.25, 0.3) is 0 Å². The second kappa shape index (κ2) is 8.43. The summed E-state index contributed by atoms with van der Waals surface area (Å²) in [6, 6.07) is 7.41. The van der Waals surface area contributed by atoms with Crippen LogP contribution in [0.4, 0.5) is 0 Å². The molecule has 1 aromatic carbocycles. The molecule has 0 amide bonds. The molecular formula is C19H31NO. The van der Waals surface area contributed by atoms with Crippen LogP contribution in [0.15, 0.2) is 18.2 Å². The van der Waals surface area contributed by atoms with Crippen molar-refractivity contribution in [1.29, 1.82) is 0 Å². The molecule has 21 heavy (non-hydrogen) atoms. The minimum atomic E-state index is 0.522. The Morgan fingerprint density at radius 1 is 1.14 bits per heavy atom. The molecule has 0 unspecified atom stereocenters. The minimum Gasteiger partial charge on any atom is -0.493 e. The first-order valence-corrected chi connectivity index (χ1v) is 8.63. The highest BCUT2D eigenvalue weighted by molar-refractivity contribution is 5.39. The predicted octanol–water partition coefficient (Wildman–Crippen LogP) is 4.81. The van der Waals surface area contributed by atoms with Crippen LogP contribution in [-0.2, 0) is 0 Å². The lowest BCUT2D eigenvalue weighted by Gasteiger charge is -2.14. The van der Waals surface area contributed by atoms with Gasteiger partial charge in [-0.1, -0.05) is 38.8 Å². The first kappa shape index (κ1) is 16.4. The third-order valence-corrected chi connectivity index (χ3v) is 4.13. The summed E-state index contributed by atoms with van der Waals surface area (Å²) in [7, 11) is 0. The average Bonchev–Trinajstić information content (AvgIpc) is 3.25. The van der Waals surface area contributed by atoms with Crippen molar-refractivity contribution >= 4 is 0 Å². The Balaban J connectivity index is 1.60. The van der Waals surface area contributed by atoms with Crippen LogP contribution < -0.4 is 10.1 Å². The number of nitrogens with one attached hydrogen (secondary N) is 1. The Bertz CT molecular complexity index is 424. The maximum Gasteiger partial charge on any atom is 0.122 e. The zero-order valence-corrected chi connectivity index (χ0v) is 14.0. The monoisotopic (exact) mass is 289 g/mol. The molecule has 2 nitrogen and oxygen atoms in total. The third kappa shape index (κ3) is 6.09. The fraction of sp³-hybridized carbons (Fsp3) is 0.684. The Morgan fingerprint density at radius 2 is 1.90 bits per heavy atom. The Labute approximate surface area is 130 Å². The first-order valence-electron chi connectivity index (χ1n) is 8.63. The zero-order chi connectivity index (χ0) is 15.1. The van der Waals surface area contributed by atoms with Gasteiger partial charge in [-0.05, 0) is 62.3 Å². The lowest BCUT2D eigenvalue weighted by atomic mass is 10.0. The maximum atomic E-state index is 6.02. The van der Waals surface area contributed by atoms with Crippen LogP contribution in [0.5, 0.6) is 5.75 Å². The van der Waals surface area contributed by atoms with Crippen LogP contribution in [0.1, 0.15) is 69.4 Å². The lowest BCUT2D eigenvalue weighted by molar-refractivity contribution is 0.300. The molecule has 1 saturated carbocycles. The van der Waals surface area contributed by atoms with Gasteiger partial charge in [0.15, 0.2) is 0 Å². The number of unbranched alkanes of at least 4 members (excludes halogenated alkanes) is 3. The fourth-order valence-corrected chi connectivity index (χ4v) is 2.60. The highest BCUT2D eigenvalue weighted by Gasteiger charge is 2.19. The molecule has 0 heterocycles.